The lowest BCUT2D eigenvalue weighted by molar-refractivity contribution is -0.261. The largest absolute Gasteiger partial charge is 0.418 e. The highest BCUT2D eigenvalue weighted by Crippen LogP contribution is 2.39. The van der Waals surface area contributed by atoms with Crippen molar-refractivity contribution in [1.82, 2.24) is 4.57 Å². The normalized spacial score (nSPS) is 20.3. The average molecular weight is 367 g/mol. The summed E-state index contributed by atoms with van der Waals surface area (Å²) in [5, 5.41) is 0. The summed E-state index contributed by atoms with van der Waals surface area (Å²) in [6.45, 7) is 11.1. The minimum Gasteiger partial charge on any atom is -0.418 e. The Hall–Kier alpha value is -2.82. The molecule has 0 spiro atoms. The van der Waals surface area contributed by atoms with Crippen LogP contribution in [0.3, 0.4) is 0 Å². The van der Waals surface area contributed by atoms with Crippen LogP contribution in [0.15, 0.2) is 42.0 Å². The molecule has 1 aliphatic heterocycles. The molecular weight excluding hydrogens is 342 g/mol. The number of cyclic esters (lactones) is 2. The van der Waals surface area contributed by atoms with Gasteiger partial charge in [-0.2, -0.15) is 0 Å². The first kappa shape index (κ1) is 19.0. The van der Waals surface area contributed by atoms with Crippen LogP contribution in [0, 0.1) is 19.3 Å². The molecule has 2 aromatic rings. The molecule has 0 amide bonds. The molecule has 0 bridgehead atoms. The summed E-state index contributed by atoms with van der Waals surface area (Å²) in [5.41, 5.74) is 3.10. The standard InChI is InChI=1S/C22H25NO4/c1-14-12-16(15(2)23(14)17-10-8-7-9-11-17)13-18-19(24)26-22(6,21(3,4)5)27-20(18)25/h7-13H,1-6H3. The number of nitrogens with zero attached hydrogens (tertiary/aromatic N) is 1. The molecule has 1 fully saturated rings. The summed E-state index contributed by atoms with van der Waals surface area (Å²) in [7, 11) is 0. The molecule has 1 saturated heterocycles. The SMILES string of the molecule is Cc1cc(C=C2C(=O)OC(C)(C(C)(C)C)OC2=O)c(C)n1-c1ccccc1. The van der Waals surface area contributed by atoms with Crippen molar-refractivity contribution in [2.24, 2.45) is 5.41 Å². The van der Waals surface area contributed by atoms with Gasteiger partial charge in [-0.3, -0.25) is 0 Å². The molecule has 0 radical (unpaired) electrons. The van der Waals surface area contributed by atoms with Gasteiger partial charge in [0.05, 0.1) is 0 Å². The molecule has 1 aromatic carbocycles. The zero-order chi connectivity index (χ0) is 20.0. The number of hydrogen-bond donors (Lipinski definition) is 0. The highest BCUT2D eigenvalue weighted by Gasteiger charge is 2.50. The first-order chi connectivity index (χ1) is 12.5. The maximum Gasteiger partial charge on any atom is 0.348 e. The van der Waals surface area contributed by atoms with Crippen molar-refractivity contribution in [3.8, 4) is 5.69 Å². The molecule has 0 aliphatic carbocycles. The molecule has 0 atom stereocenters. The van der Waals surface area contributed by atoms with Crippen molar-refractivity contribution in [2.45, 2.75) is 47.3 Å². The summed E-state index contributed by atoms with van der Waals surface area (Å²) in [6, 6.07) is 11.9. The fourth-order valence-corrected chi connectivity index (χ4v) is 3.06. The highest BCUT2D eigenvalue weighted by molar-refractivity contribution is 6.19. The number of hydrogen-bond acceptors (Lipinski definition) is 4. The number of aryl methyl sites for hydroxylation is 1. The van der Waals surface area contributed by atoms with Crippen LogP contribution in [0.1, 0.15) is 44.6 Å². The average Bonchev–Trinajstić information content (AvgIpc) is 2.84. The first-order valence-electron chi connectivity index (χ1n) is 8.96. The van der Waals surface area contributed by atoms with Gasteiger partial charge >= 0.3 is 11.9 Å². The number of rotatable bonds is 2. The number of esters is 2. The van der Waals surface area contributed by atoms with E-state index in [1.165, 1.54) is 0 Å². The predicted molar refractivity (Wildman–Crippen MR) is 103 cm³/mol. The van der Waals surface area contributed by atoms with Gasteiger partial charge in [-0.1, -0.05) is 39.0 Å². The van der Waals surface area contributed by atoms with Crippen LogP contribution < -0.4 is 0 Å². The van der Waals surface area contributed by atoms with Crippen molar-refractivity contribution in [2.75, 3.05) is 0 Å². The Balaban J connectivity index is 1.99. The van der Waals surface area contributed by atoms with E-state index in [0.717, 1.165) is 22.6 Å². The third-order valence-corrected chi connectivity index (χ3v) is 5.16. The Morgan fingerprint density at radius 1 is 1.00 bits per heavy atom. The smallest absolute Gasteiger partial charge is 0.348 e. The van der Waals surface area contributed by atoms with Crippen LogP contribution in [0.5, 0.6) is 0 Å². The Morgan fingerprint density at radius 3 is 2.07 bits per heavy atom. The quantitative estimate of drug-likeness (QED) is 0.450. The maximum absolute atomic E-state index is 12.5. The van der Waals surface area contributed by atoms with Crippen molar-refractivity contribution in [3.05, 3.63) is 58.9 Å². The molecule has 2 heterocycles. The van der Waals surface area contributed by atoms with Crippen LogP contribution >= 0.6 is 0 Å². The van der Waals surface area contributed by atoms with Crippen molar-refractivity contribution in [3.63, 3.8) is 0 Å². The van der Waals surface area contributed by atoms with Gasteiger partial charge in [-0.25, -0.2) is 9.59 Å². The molecule has 1 aromatic heterocycles. The lowest BCUT2D eigenvalue weighted by Gasteiger charge is -2.42. The summed E-state index contributed by atoms with van der Waals surface area (Å²) < 4.78 is 13.1. The van der Waals surface area contributed by atoms with Gasteiger partial charge in [0, 0.05) is 29.4 Å². The number of para-hydroxylation sites is 1. The van der Waals surface area contributed by atoms with E-state index < -0.39 is 23.1 Å². The predicted octanol–water partition coefficient (Wildman–Crippen LogP) is 4.34. The summed E-state index contributed by atoms with van der Waals surface area (Å²) in [6.07, 6.45) is 1.55. The van der Waals surface area contributed by atoms with E-state index in [1.807, 2.05) is 71.0 Å². The van der Waals surface area contributed by atoms with E-state index >= 15 is 0 Å². The van der Waals surface area contributed by atoms with Gasteiger partial charge < -0.3 is 14.0 Å². The summed E-state index contributed by atoms with van der Waals surface area (Å²) in [5.74, 6) is -2.61. The van der Waals surface area contributed by atoms with Crippen molar-refractivity contribution >= 4 is 18.0 Å². The third kappa shape index (κ3) is 3.29. The molecule has 0 unspecified atom stereocenters. The molecular formula is C22H25NO4. The van der Waals surface area contributed by atoms with E-state index in [2.05, 4.69) is 4.57 Å². The third-order valence-electron chi connectivity index (χ3n) is 5.16. The minimum atomic E-state index is -1.29. The monoisotopic (exact) mass is 367 g/mol. The number of aromatic nitrogens is 1. The zero-order valence-corrected chi connectivity index (χ0v) is 16.6. The lowest BCUT2D eigenvalue weighted by atomic mass is 9.85. The number of ether oxygens (including phenoxy) is 2. The fourth-order valence-electron chi connectivity index (χ4n) is 3.06. The van der Waals surface area contributed by atoms with E-state index in [1.54, 1.807) is 13.0 Å². The molecule has 27 heavy (non-hydrogen) atoms. The molecule has 0 saturated carbocycles. The second kappa shape index (κ2) is 6.41. The molecule has 5 heteroatoms. The van der Waals surface area contributed by atoms with Gasteiger partial charge in [0.15, 0.2) is 0 Å². The molecule has 142 valence electrons. The topological polar surface area (TPSA) is 57.5 Å². The fraction of sp³-hybridized carbons (Fsp3) is 0.364. The van der Waals surface area contributed by atoms with Crippen molar-refractivity contribution in [1.29, 1.82) is 0 Å². The van der Waals surface area contributed by atoms with Crippen LogP contribution in [0.4, 0.5) is 0 Å². The van der Waals surface area contributed by atoms with Gasteiger partial charge in [-0.15, -0.1) is 0 Å². The van der Waals surface area contributed by atoms with Gasteiger partial charge in [0.1, 0.15) is 5.57 Å². The Morgan fingerprint density at radius 2 is 1.56 bits per heavy atom. The molecule has 1 aliphatic rings. The Kier molecular flexibility index (Phi) is 4.50. The van der Waals surface area contributed by atoms with Gasteiger partial charge in [0.25, 0.3) is 5.79 Å². The van der Waals surface area contributed by atoms with Crippen LogP contribution in [0.25, 0.3) is 11.8 Å². The number of benzene rings is 1. The lowest BCUT2D eigenvalue weighted by Crippen LogP contribution is -2.52. The van der Waals surface area contributed by atoms with E-state index in [4.69, 9.17) is 9.47 Å². The van der Waals surface area contributed by atoms with Crippen molar-refractivity contribution < 1.29 is 19.1 Å². The molecule has 3 rings (SSSR count). The van der Waals surface area contributed by atoms with Crippen LogP contribution in [-0.2, 0) is 19.1 Å². The number of carbonyl (C=O) groups excluding carboxylic acids is 2. The molecule has 5 nitrogen and oxygen atoms in total. The molecule has 0 N–H and O–H groups in total. The Labute approximate surface area is 159 Å². The summed E-state index contributed by atoms with van der Waals surface area (Å²) in [4.78, 5) is 25.1. The van der Waals surface area contributed by atoms with Crippen LogP contribution in [0.2, 0.25) is 0 Å². The minimum absolute atomic E-state index is 0.0926. The second-order valence-corrected chi connectivity index (χ2v) is 8.03. The van der Waals surface area contributed by atoms with Gasteiger partial charge in [0.2, 0.25) is 0 Å². The first-order valence-corrected chi connectivity index (χ1v) is 8.96. The highest BCUT2D eigenvalue weighted by atomic mass is 16.7. The zero-order valence-electron chi connectivity index (χ0n) is 16.6. The van der Waals surface area contributed by atoms with E-state index in [9.17, 15) is 9.59 Å². The van der Waals surface area contributed by atoms with Gasteiger partial charge in [-0.05, 0) is 43.7 Å². The number of carbonyl (C=O) groups is 2. The maximum atomic E-state index is 12.5. The van der Waals surface area contributed by atoms with E-state index in [-0.39, 0.29) is 5.57 Å². The summed E-state index contributed by atoms with van der Waals surface area (Å²) >= 11 is 0. The van der Waals surface area contributed by atoms with E-state index in [0.29, 0.717) is 0 Å². The van der Waals surface area contributed by atoms with Crippen LogP contribution in [-0.4, -0.2) is 22.3 Å². The second-order valence-electron chi connectivity index (χ2n) is 8.03. The Bertz CT molecular complexity index is 909.